The molecule has 3 atom stereocenters. The second-order valence-corrected chi connectivity index (χ2v) is 17.0. The molecule has 0 radical (unpaired) electrons. The molecule has 0 fully saturated rings. The molecule has 0 aliphatic heterocycles. The molecule has 0 aromatic carbocycles. The SMILES string of the molecule is CCCCC/C=C/CC/C=C/CC/C=C/C(O)C(CO)NC(=O)C(O)CCCCCCCCCCCCCCCCCCCCCCCCCCCCCCC. The number of aliphatic hydroxyl groups excluding tert-OH is 3. The lowest BCUT2D eigenvalue weighted by atomic mass is 10.0. The average Bonchev–Trinajstić information content (AvgIpc) is 3.20. The Bertz CT molecular complexity index is 870. The molecule has 0 spiro atoms. The van der Waals surface area contributed by atoms with Gasteiger partial charge in [0.15, 0.2) is 0 Å². The average molecular weight is 788 g/mol. The molecule has 56 heavy (non-hydrogen) atoms. The minimum Gasteiger partial charge on any atom is -0.394 e. The zero-order valence-electron chi connectivity index (χ0n) is 37.5. The van der Waals surface area contributed by atoms with Gasteiger partial charge in [0.2, 0.25) is 5.91 Å². The molecule has 5 nitrogen and oxygen atoms in total. The first kappa shape index (κ1) is 54.6. The van der Waals surface area contributed by atoms with Crippen molar-refractivity contribution >= 4 is 5.91 Å². The van der Waals surface area contributed by atoms with Crippen LogP contribution in [0.25, 0.3) is 0 Å². The number of nitrogens with one attached hydrogen (secondary N) is 1. The van der Waals surface area contributed by atoms with Gasteiger partial charge >= 0.3 is 0 Å². The number of allylic oxidation sites excluding steroid dienone is 5. The third-order valence-electron chi connectivity index (χ3n) is 11.5. The Hall–Kier alpha value is -1.43. The summed E-state index contributed by atoms with van der Waals surface area (Å²) in [6.45, 7) is 4.14. The summed E-state index contributed by atoms with van der Waals surface area (Å²) in [5, 5.41) is 33.1. The van der Waals surface area contributed by atoms with E-state index in [1.54, 1.807) is 6.08 Å². The van der Waals surface area contributed by atoms with Crippen LogP contribution in [0.2, 0.25) is 0 Å². The minimum absolute atomic E-state index is 0.380. The van der Waals surface area contributed by atoms with Crippen molar-refractivity contribution in [3.63, 3.8) is 0 Å². The van der Waals surface area contributed by atoms with E-state index in [0.717, 1.165) is 44.9 Å². The molecule has 0 aliphatic carbocycles. The third-order valence-corrected chi connectivity index (χ3v) is 11.5. The van der Waals surface area contributed by atoms with Crippen molar-refractivity contribution in [1.82, 2.24) is 5.32 Å². The summed E-state index contributed by atoms with van der Waals surface area (Å²) in [5.41, 5.74) is 0. The lowest BCUT2D eigenvalue weighted by molar-refractivity contribution is -0.131. The van der Waals surface area contributed by atoms with Crippen molar-refractivity contribution in [2.24, 2.45) is 0 Å². The van der Waals surface area contributed by atoms with E-state index < -0.39 is 24.2 Å². The van der Waals surface area contributed by atoms with Gasteiger partial charge in [0.05, 0.1) is 18.8 Å². The summed E-state index contributed by atoms with van der Waals surface area (Å²) in [7, 11) is 0. The zero-order valence-corrected chi connectivity index (χ0v) is 37.5. The Labute approximate surface area is 349 Å². The van der Waals surface area contributed by atoms with E-state index in [1.807, 2.05) is 6.08 Å². The maximum Gasteiger partial charge on any atom is 0.249 e. The fraction of sp³-hybridized carbons (Fsp3) is 0.863. The van der Waals surface area contributed by atoms with E-state index in [9.17, 15) is 20.1 Å². The number of aliphatic hydroxyl groups is 3. The van der Waals surface area contributed by atoms with Gasteiger partial charge in [0, 0.05) is 0 Å². The van der Waals surface area contributed by atoms with Crippen LogP contribution in [0, 0.1) is 0 Å². The van der Waals surface area contributed by atoms with E-state index >= 15 is 0 Å². The van der Waals surface area contributed by atoms with Gasteiger partial charge in [-0.05, 0) is 44.9 Å². The van der Waals surface area contributed by atoms with Gasteiger partial charge in [-0.1, -0.05) is 249 Å². The molecular formula is C51H97NO4. The van der Waals surface area contributed by atoms with Crippen LogP contribution in [-0.4, -0.2) is 46.1 Å². The highest BCUT2D eigenvalue weighted by Gasteiger charge is 2.22. The lowest BCUT2D eigenvalue weighted by Gasteiger charge is -2.21. The number of carbonyl (C=O) groups excluding carboxylic acids is 1. The minimum atomic E-state index is -1.11. The van der Waals surface area contributed by atoms with Crippen molar-refractivity contribution < 1.29 is 20.1 Å². The molecule has 0 aliphatic rings. The maximum absolute atomic E-state index is 12.5. The Morgan fingerprint density at radius 3 is 1.09 bits per heavy atom. The van der Waals surface area contributed by atoms with Crippen molar-refractivity contribution in [1.29, 1.82) is 0 Å². The highest BCUT2D eigenvalue weighted by Crippen LogP contribution is 2.17. The van der Waals surface area contributed by atoms with Gasteiger partial charge < -0.3 is 20.6 Å². The quantitative estimate of drug-likeness (QED) is 0.0365. The van der Waals surface area contributed by atoms with Crippen LogP contribution in [-0.2, 0) is 4.79 Å². The van der Waals surface area contributed by atoms with Crippen LogP contribution in [0.3, 0.4) is 0 Å². The molecular weight excluding hydrogens is 691 g/mol. The van der Waals surface area contributed by atoms with Crippen LogP contribution in [0.15, 0.2) is 36.5 Å². The van der Waals surface area contributed by atoms with Gasteiger partial charge in [-0.3, -0.25) is 4.79 Å². The lowest BCUT2D eigenvalue weighted by Crippen LogP contribution is -2.48. The molecule has 0 saturated carbocycles. The highest BCUT2D eigenvalue weighted by molar-refractivity contribution is 5.80. The zero-order chi connectivity index (χ0) is 40.8. The Morgan fingerprint density at radius 2 is 0.732 bits per heavy atom. The van der Waals surface area contributed by atoms with Crippen LogP contribution in [0.5, 0.6) is 0 Å². The summed E-state index contributed by atoms with van der Waals surface area (Å²) in [5.74, 6) is -0.515. The molecule has 3 unspecified atom stereocenters. The van der Waals surface area contributed by atoms with E-state index in [-0.39, 0.29) is 6.61 Å². The monoisotopic (exact) mass is 788 g/mol. The molecule has 0 aromatic heterocycles. The molecule has 0 rings (SSSR count). The first-order valence-electron chi connectivity index (χ1n) is 24.8. The molecule has 0 saturated heterocycles. The summed E-state index contributed by atoms with van der Waals surface area (Å²) in [4.78, 5) is 12.5. The first-order chi connectivity index (χ1) is 27.6. The molecule has 5 heteroatoms. The summed E-state index contributed by atoms with van der Waals surface area (Å²) in [6.07, 6.45) is 59.3. The van der Waals surface area contributed by atoms with Crippen LogP contribution < -0.4 is 5.32 Å². The summed E-state index contributed by atoms with van der Waals surface area (Å²) in [6, 6.07) is -0.818. The van der Waals surface area contributed by atoms with E-state index in [1.165, 1.54) is 193 Å². The van der Waals surface area contributed by atoms with Crippen LogP contribution in [0.4, 0.5) is 0 Å². The molecule has 0 aromatic rings. The van der Waals surface area contributed by atoms with Gasteiger partial charge in [-0.25, -0.2) is 0 Å². The van der Waals surface area contributed by atoms with Gasteiger partial charge in [0.25, 0.3) is 0 Å². The largest absolute Gasteiger partial charge is 0.394 e. The van der Waals surface area contributed by atoms with Crippen LogP contribution in [0.1, 0.15) is 258 Å². The number of unbranched alkanes of at least 4 members (excludes halogenated alkanes) is 33. The van der Waals surface area contributed by atoms with Gasteiger partial charge in [0.1, 0.15) is 6.10 Å². The highest BCUT2D eigenvalue weighted by atomic mass is 16.3. The smallest absolute Gasteiger partial charge is 0.249 e. The van der Waals surface area contributed by atoms with Gasteiger partial charge in [-0.2, -0.15) is 0 Å². The maximum atomic E-state index is 12.5. The van der Waals surface area contributed by atoms with E-state index in [0.29, 0.717) is 6.42 Å². The first-order valence-corrected chi connectivity index (χ1v) is 24.8. The van der Waals surface area contributed by atoms with E-state index in [2.05, 4.69) is 43.5 Å². The number of hydrogen-bond donors (Lipinski definition) is 4. The van der Waals surface area contributed by atoms with Gasteiger partial charge in [-0.15, -0.1) is 0 Å². The fourth-order valence-corrected chi connectivity index (χ4v) is 7.57. The summed E-state index contributed by atoms with van der Waals surface area (Å²) < 4.78 is 0. The number of hydrogen-bond acceptors (Lipinski definition) is 4. The number of amides is 1. The van der Waals surface area contributed by atoms with Crippen molar-refractivity contribution in [2.75, 3.05) is 6.61 Å². The van der Waals surface area contributed by atoms with Crippen molar-refractivity contribution in [3.8, 4) is 0 Å². The summed E-state index contributed by atoms with van der Waals surface area (Å²) >= 11 is 0. The number of rotatable bonds is 45. The molecule has 4 N–H and O–H groups in total. The third kappa shape index (κ3) is 40.8. The Balaban J connectivity index is 3.54. The second-order valence-electron chi connectivity index (χ2n) is 17.0. The second kappa shape index (κ2) is 46.3. The fourth-order valence-electron chi connectivity index (χ4n) is 7.57. The Kier molecular flexibility index (Phi) is 45.1. The predicted octanol–water partition coefficient (Wildman–Crippen LogP) is 14.7. The topological polar surface area (TPSA) is 89.8 Å². The van der Waals surface area contributed by atoms with E-state index in [4.69, 9.17) is 0 Å². The predicted molar refractivity (Wildman–Crippen MR) is 245 cm³/mol. The Morgan fingerprint density at radius 1 is 0.429 bits per heavy atom. The van der Waals surface area contributed by atoms with Crippen LogP contribution >= 0.6 is 0 Å². The van der Waals surface area contributed by atoms with Crippen molar-refractivity contribution in [2.45, 2.75) is 276 Å². The molecule has 1 amide bonds. The number of carbonyl (C=O) groups is 1. The standard InChI is InChI=1S/C51H97NO4/c1-3-5-7-9-11-13-15-17-18-19-20-21-22-23-24-25-26-27-28-29-30-31-32-34-36-38-40-42-44-46-50(55)51(56)52-48(47-53)49(54)45-43-41-39-37-35-33-16-14-12-10-8-6-4-2/h12,14,35,37,43,45,48-50,53-55H,3-11,13,15-34,36,38-42,44,46-47H2,1-2H3,(H,52,56)/b14-12+,37-35+,45-43+. The molecule has 0 bridgehead atoms. The molecule has 0 heterocycles. The van der Waals surface area contributed by atoms with Crippen molar-refractivity contribution in [3.05, 3.63) is 36.5 Å². The normalized spacial score (nSPS) is 13.7. The molecule has 330 valence electrons.